The average Bonchev–Trinajstić information content (AvgIpc) is 2.90. The summed E-state index contributed by atoms with van der Waals surface area (Å²) >= 11 is 0. The standard InChI is InChI=1S/C15H19NO2/c17-9-11-6-4-10(5-7-11)8-16-15(18)14-12-2-1-3-13(12)14/h4-7,12-14,17H,1-3,8-9H2,(H,16,18). The lowest BCUT2D eigenvalue weighted by atomic mass is 10.1. The minimum absolute atomic E-state index is 0.0675. The van der Waals surface area contributed by atoms with Crippen molar-refractivity contribution in [1.82, 2.24) is 5.32 Å². The summed E-state index contributed by atoms with van der Waals surface area (Å²) in [4.78, 5) is 12.0. The molecule has 0 saturated heterocycles. The van der Waals surface area contributed by atoms with Crippen LogP contribution in [-0.4, -0.2) is 11.0 Å². The first kappa shape index (κ1) is 11.7. The highest BCUT2D eigenvalue weighted by Gasteiger charge is 2.56. The Labute approximate surface area is 107 Å². The highest BCUT2D eigenvalue weighted by atomic mass is 16.3. The van der Waals surface area contributed by atoms with Crippen molar-refractivity contribution in [2.45, 2.75) is 32.4 Å². The molecule has 2 aliphatic rings. The van der Waals surface area contributed by atoms with Gasteiger partial charge in [-0.15, -0.1) is 0 Å². The summed E-state index contributed by atoms with van der Waals surface area (Å²) < 4.78 is 0. The van der Waals surface area contributed by atoms with Gasteiger partial charge in [-0.1, -0.05) is 30.7 Å². The molecule has 18 heavy (non-hydrogen) atoms. The van der Waals surface area contributed by atoms with Crippen LogP contribution in [0.4, 0.5) is 0 Å². The van der Waals surface area contributed by atoms with E-state index in [2.05, 4.69) is 5.32 Å². The van der Waals surface area contributed by atoms with E-state index in [4.69, 9.17) is 5.11 Å². The average molecular weight is 245 g/mol. The molecule has 0 bridgehead atoms. The third-order valence-corrected chi connectivity index (χ3v) is 4.38. The van der Waals surface area contributed by atoms with Gasteiger partial charge in [0.2, 0.25) is 5.91 Å². The first-order valence-corrected chi connectivity index (χ1v) is 6.76. The van der Waals surface area contributed by atoms with Gasteiger partial charge in [0.05, 0.1) is 6.61 Å². The number of rotatable bonds is 4. The molecule has 0 radical (unpaired) electrons. The zero-order chi connectivity index (χ0) is 12.5. The Morgan fingerprint density at radius 3 is 2.39 bits per heavy atom. The molecule has 96 valence electrons. The number of nitrogens with one attached hydrogen (secondary N) is 1. The van der Waals surface area contributed by atoms with Crippen molar-refractivity contribution in [3.63, 3.8) is 0 Å². The van der Waals surface area contributed by atoms with Crippen molar-refractivity contribution >= 4 is 5.91 Å². The molecule has 3 rings (SSSR count). The molecule has 0 heterocycles. The topological polar surface area (TPSA) is 49.3 Å². The van der Waals surface area contributed by atoms with Gasteiger partial charge in [0.25, 0.3) is 0 Å². The van der Waals surface area contributed by atoms with Gasteiger partial charge in [-0.2, -0.15) is 0 Å². The predicted molar refractivity (Wildman–Crippen MR) is 68.5 cm³/mol. The maximum atomic E-state index is 12.0. The molecule has 0 aliphatic heterocycles. The molecule has 3 heteroatoms. The van der Waals surface area contributed by atoms with E-state index in [1.165, 1.54) is 19.3 Å². The van der Waals surface area contributed by atoms with E-state index in [0.717, 1.165) is 11.1 Å². The number of hydrogen-bond donors (Lipinski definition) is 2. The van der Waals surface area contributed by atoms with Gasteiger partial charge in [-0.05, 0) is 35.8 Å². The number of aliphatic hydroxyl groups is 1. The predicted octanol–water partition coefficient (Wildman–Crippen LogP) is 1.84. The van der Waals surface area contributed by atoms with Crippen LogP contribution in [0.1, 0.15) is 30.4 Å². The maximum Gasteiger partial charge on any atom is 0.223 e. The number of carbonyl (C=O) groups is 1. The quantitative estimate of drug-likeness (QED) is 0.850. The fourth-order valence-electron chi connectivity index (χ4n) is 3.28. The van der Waals surface area contributed by atoms with Crippen LogP contribution >= 0.6 is 0 Å². The van der Waals surface area contributed by atoms with Crippen molar-refractivity contribution in [2.75, 3.05) is 0 Å². The summed E-state index contributed by atoms with van der Waals surface area (Å²) in [6.45, 7) is 0.665. The number of carbonyl (C=O) groups excluding carboxylic acids is 1. The molecule has 2 aliphatic carbocycles. The van der Waals surface area contributed by atoms with Gasteiger partial charge in [0.1, 0.15) is 0 Å². The van der Waals surface area contributed by atoms with Crippen molar-refractivity contribution in [3.8, 4) is 0 Å². The van der Waals surface area contributed by atoms with E-state index in [0.29, 0.717) is 24.3 Å². The van der Waals surface area contributed by atoms with Crippen LogP contribution in [0.15, 0.2) is 24.3 Å². The molecule has 0 spiro atoms. The molecular formula is C15H19NO2. The van der Waals surface area contributed by atoms with E-state index in [1.807, 2.05) is 24.3 Å². The Morgan fingerprint density at radius 1 is 1.17 bits per heavy atom. The van der Waals surface area contributed by atoms with E-state index >= 15 is 0 Å². The monoisotopic (exact) mass is 245 g/mol. The third-order valence-electron chi connectivity index (χ3n) is 4.38. The lowest BCUT2D eigenvalue weighted by Gasteiger charge is -2.07. The van der Waals surface area contributed by atoms with Crippen molar-refractivity contribution < 1.29 is 9.90 Å². The lowest BCUT2D eigenvalue weighted by Crippen LogP contribution is -2.26. The highest BCUT2D eigenvalue weighted by Crippen LogP contribution is 2.57. The van der Waals surface area contributed by atoms with Crippen LogP contribution in [-0.2, 0) is 17.9 Å². The van der Waals surface area contributed by atoms with Crippen LogP contribution in [0, 0.1) is 17.8 Å². The van der Waals surface area contributed by atoms with Gasteiger partial charge in [0, 0.05) is 12.5 Å². The molecule has 2 fully saturated rings. The van der Waals surface area contributed by atoms with E-state index < -0.39 is 0 Å². The fraction of sp³-hybridized carbons (Fsp3) is 0.533. The summed E-state index contributed by atoms with van der Waals surface area (Å²) in [5.74, 6) is 1.90. The molecule has 2 saturated carbocycles. The zero-order valence-electron chi connectivity index (χ0n) is 10.4. The van der Waals surface area contributed by atoms with E-state index in [1.54, 1.807) is 0 Å². The second-order valence-corrected chi connectivity index (χ2v) is 5.48. The van der Waals surface area contributed by atoms with Crippen LogP contribution < -0.4 is 5.32 Å². The minimum atomic E-state index is 0.0675. The SMILES string of the molecule is O=C(NCc1ccc(CO)cc1)C1C2CCCC21. The molecule has 1 amide bonds. The Balaban J connectivity index is 1.50. The number of fused-ring (bicyclic) bond motifs is 1. The number of hydrogen-bond acceptors (Lipinski definition) is 2. The zero-order valence-corrected chi connectivity index (χ0v) is 10.4. The molecule has 1 aromatic rings. The molecule has 1 aromatic carbocycles. The molecule has 0 aromatic heterocycles. The summed E-state index contributed by atoms with van der Waals surface area (Å²) in [6.07, 6.45) is 3.80. The van der Waals surface area contributed by atoms with Gasteiger partial charge in [-0.3, -0.25) is 4.79 Å². The van der Waals surface area contributed by atoms with Gasteiger partial charge in [-0.25, -0.2) is 0 Å². The van der Waals surface area contributed by atoms with Crippen molar-refractivity contribution in [2.24, 2.45) is 17.8 Å². The Morgan fingerprint density at radius 2 is 1.78 bits per heavy atom. The van der Waals surface area contributed by atoms with Crippen LogP contribution in [0.2, 0.25) is 0 Å². The van der Waals surface area contributed by atoms with Gasteiger partial charge in [0.15, 0.2) is 0 Å². The second kappa shape index (κ2) is 4.73. The largest absolute Gasteiger partial charge is 0.392 e. The minimum Gasteiger partial charge on any atom is -0.392 e. The van der Waals surface area contributed by atoms with E-state index in [-0.39, 0.29) is 12.5 Å². The first-order valence-electron chi connectivity index (χ1n) is 6.76. The third kappa shape index (κ3) is 2.15. The van der Waals surface area contributed by atoms with Crippen molar-refractivity contribution in [1.29, 1.82) is 0 Å². The first-order chi connectivity index (χ1) is 8.79. The van der Waals surface area contributed by atoms with Crippen molar-refractivity contribution in [3.05, 3.63) is 35.4 Å². The summed E-state index contributed by atoms with van der Waals surface area (Å²) in [5.41, 5.74) is 1.99. The number of amides is 1. The molecule has 3 nitrogen and oxygen atoms in total. The molecule has 2 unspecified atom stereocenters. The normalized spacial score (nSPS) is 28.8. The van der Waals surface area contributed by atoms with Gasteiger partial charge >= 0.3 is 0 Å². The number of aliphatic hydroxyl groups excluding tert-OH is 1. The lowest BCUT2D eigenvalue weighted by molar-refractivity contribution is -0.123. The Kier molecular flexibility index (Phi) is 3.08. The molecule has 2 N–H and O–H groups in total. The number of benzene rings is 1. The van der Waals surface area contributed by atoms with Gasteiger partial charge < -0.3 is 10.4 Å². The summed E-state index contributed by atoms with van der Waals surface area (Å²) in [6, 6.07) is 7.71. The Hall–Kier alpha value is -1.35. The van der Waals surface area contributed by atoms with Crippen LogP contribution in [0.3, 0.4) is 0 Å². The Bertz CT molecular complexity index is 430. The fourth-order valence-corrected chi connectivity index (χ4v) is 3.28. The molecular weight excluding hydrogens is 226 g/mol. The second-order valence-electron chi connectivity index (χ2n) is 5.48. The van der Waals surface area contributed by atoms with Crippen LogP contribution in [0.25, 0.3) is 0 Å². The summed E-state index contributed by atoms with van der Waals surface area (Å²) in [5, 5.41) is 12.0. The molecule has 2 atom stereocenters. The maximum absolute atomic E-state index is 12.0. The highest BCUT2D eigenvalue weighted by molar-refractivity contribution is 5.82. The van der Waals surface area contributed by atoms with Crippen LogP contribution in [0.5, 0.6) is 0 Å². The van der Waals surface area contributed by atoms with E-state index in [9.17, 15) is 4.79 Å². The summed E-state index contributed by atoms with van der Waals surface area (Å²) in [7, 11) is 0. The smallest absolute Gasteiger partial charge is 0.223 e.